The first-order valence-electron chi connectivity index (χ1n) is 9.53. The van der Waals surface area contributed by atoms with Gasteiger partial charge in [0.05, 0.1) is 6.42 Å². The molecule has 0 aliphatic carbocycles. The summed E-state index contributed by atoms with van der Waals surface area (Å²) in [6, 6.07) is 0.146. The predicted molar refractivity (Wildman–Crippen MR) is 111 cm³/mol. The Balaban J connectivity index is 2.54. The lowest BCUT2D eigenvalue weighted by molar-refractivity contribution is -0.116. The van der Waals surface area contributed by atoms with E-state index in [0.29, 0.717) is 17.3 Å². The molecule has 0 aromatic rings. The molecule has 0 spiro atoms. The molecule has 27 heavy (non-hydrogen) atoms. The van der Waals surface area contributed by atoms with Crippen LogP contribution in [0.3, 0.4) is 0 Å². The molecular formula is C20H31N5O2. The molecule has 1 unspecified atom stereocenters. The molecule has 1 aliphatic heterocycles. The second kappa shape index (κ2) is 11.9. The van der Waals surface area contributed by atoms with Crippen LogP contribution in [-0.2, 0) is 9.59 Å². The number of allylic oxidation sites excluding steroid dienone is 2. The molecule has 1 atom stereocenters. The number of nitrogens with zero attached hydrogens (tertiary/aromatic N) is 3. The van der Waals surface area contributed by atoms with E-state index in [1.54, 1.807) is 13.0 Å². The number of carbonyl (C=O) groups excluding carboxylic acids is 2. The van der Waals surface area contributed by atoms with Gasteiger partial charge >= 0.3 is 0 Å². The van der Waals surface area contributed by atoms with Gasteiger partial charge in [-0.05, 0) is 32.8 Å². The third kappa shape index (κ3) is 8.11. The molecule has 2 amide bonds. The van der Waals surface area contributed by atoms with Gasteiger partial charge < -0.3 is 10.6 Å². The minimum atomic E-state index is -0.457. The first-order chi connectivity index (χ1) is 12.9. The average molecular weight is 374 g/mol. The van der Waals surface area contributed by atoms with E-state index in [0.717, 1.165) is 32.1 Å². The molecule has 0 radical (unpaired) electrons. The lowest BCUT2D eigenvalue weighted by Crippen LogP contribution is -2.40. The first kappa shape index (κ1) is 22.5. The molecule has 0 fully saturated rings. The van der Waals surface area contributed by atoms with Gasteiger partial charge in [-0.25, -0.2) is 4.99 Å². The smallest absolute Gasteiger partial charge is 0.274 e. The van der Waals surface area contributed by atoms with E-state index in [2.05, 4.69) is 46.3 Å². The molecule has 0 saturated carbocycles. The van der Waals surface area contributed by atoms with Crippen molar-refractivity contribution in [3.8, 4) is 0 Å². The van der Waals surface area contributed by atoms with Crippen molar-refractivity contribution in [3.05, 3.63) is 24.4 Å². The summed E-state index contributed by atoms with van der Waals surface area (Å²) < 4.78 is 0. The van der Waals surface area contributed by atoms with Crippen molar-refractivity contribution >= 4 is 29.1 Å². The fourth-order valence-electron chi connectivity index (χ4n) is 2.65. The summed E-state index contributed by atoms with van der Waals surface area (Å²) in [5, 5.41) is 13.5. The highest BCUT2D eigenvalue weighted by Crippen LogP contribution is 2.09. The van der Waals surface area contributed by atoms with Gasteiger partial charge in [0, 0.05) is 11.8 Å². The zero-order chi connectivity index (χ0) is 20.2. The van der Waals surface area contributed by atoms with Crippen LogP contribution in [0, 0.1) is 0 Å². The molecule has 0 aromatic heterocycles. The molecule has 2 N–H and O–H groups in total. The van der Waals surface area contributed by atoms with Crippen molar-refractivity contribution in [2.75, 3.05) is 0 Å². The van der Waals surface area contributed by atoms with E-state index in [4.69, 9.17) is 0 Å². The molecule has 0 aromatic carbocycles. The van der Waals surface area contributed by atoms with E-state index < -0.39 is 5.91 Å². The van der Waals surface area contributed by atoms with Crippen molar-refractivity contribution in [2.24, 2.45) is 15.2 Å². The number of amides is 2. The maximum absolute atomic E-state index is 12.4. The van der Waals surface area contributed by atoms with Gasteiger partial charge in [-0.15, -0.1) is 10.2 Å². The number of hydrogen-bond donors (Lipinski definition) is 2. The van der Waals surface area contributed by atoms with Crippen molar-refractivity contribution in [3.63, 3.8) is 0 Å². The minimum Gasteiger partial charge on any atom is -0.348 e. The van der Waals surface area contributed by atoms with Crippen molar-refractivity contribution in [1.82, 2.24) is 10.6 Å². The number of carbonyl (C=O) groups is 2. The SMILES string of the molecule is C=C(N=C(C)/C=C\C)C(=O)NC1=NN=C(C(=O)NC(CCC)CCCC)C1. The van der Waals surface area contributed by atoms with Crippen LogP contribution >= 0.6 is 0 Å². The first-order valence-corrected chi connectivity index (χ1v) is 9.53. The zero-order valence-corrected chi connectivity index (χ0v) is 16.8. The van der Waals surface area contributed by atoms with Gasteiger partial charge in [0.15, 0.2) is 0 Å². The zero-order valence-electron chi connectivity index (χ0n) is 16.8. The monoisotopic (exact) mass is 373 g/mol. The largest absolute Gasteiger partial charge is 0.348 e. The Morgan fingerprint density at radius 1 is 1.26 bits per heavy atom. The summed E-state index contributed by atoms with van der Waals surface area (Å²) in [5.41, 5.74) is 1.06. The highest BCUT2D eigenvalue weighted by molar-refractivity contribution is 6.43. The lowest BCUT2D eigenvalue weighted by atomic mass is 10.0. The minimum absolute atomic E-state index is 0.0776. The van der Waals surface area contributed by atoms with E-state index in [9.17, 15) is 9.59 Å². The van der Waals surface area contributed by atoms with Crippen molar-refractivity contribution in [1.29, 1.82) is 0 Å². The Kier molecular flexibility index (Phi) is 9.93. The number of rotatable bonds is 10. The van der Waals surface area contributed by atoms with Gasteiger partial charge in [-0.3, -0.25) is 9.59 Å². The van der Waals surface area contributed by atoms with Gasteiger partial charge in [0.25, 0.3) is 11.8 Å². The highest BCUT2D eigenvalue weighted by Gasteiger charge is 2.23. The Bertz CT molecular complexity index is 674. The lowest BCUT2D eigenvalue weighted by Gasteiger charge is -2.17. The molecule has 7 nitrogen and oxygen atoms in total. The topological polar surface area (TPSA) is 95.3 Å². The van der Waals surface area contributed by atoms with Crippen LogP contribution < -0.4 is 10.6 Å². The summed E-state index contributed by atoms with van der Waals surface area (Å²) in [6.45, 7) is 11.5. The van der Waals surface area contributed by atoms with Crippen molar-refractivity contribution < 1.29 is 9.59 Å². The molecule has 0 bridgehead atoms. The number of nitrogens with one attached hydrogen (secondary N) is 2. The molecule has 1 heterocycles. The standard InChI is InChI=1S/C20H31N5O2/c1-6-9-12-16(11-8-3)22-20(27)17-13-18(25-24-17)23-19(26)15(5)21-14(4)10-7-2/h7,10,16H,5-6,8-9,11-13H2,1-4H3,(H,22,27)(H,23,25,26)/b10-7-,21-14?. The summed E-state index contributed by atoms with van der Waals surface area (Å²) in [6.07, 6.45) is 8.87. The second-order valence-corrected chi connectivity index (χ2v) is 6.53. The Labute approximate surface area is 161 Å². The van der Waals surface area contributed by atoms with Crippen LogP contribution in [0.4, 0.5) is 0 Å². The number of amidine groups is 1. The predicted octanol–water partition coefficient (Wildman–Crippen LogP) is 3.29. The van der Waals surface area contributed by atoms with Gasteiger partial charge in [0.1, 0.15) is 17.2 Å². The van der Waals surface area contributed by atoms with Gasteiger partial charge in [-0.2, -0.15) is 0 Å². The van der Waals surface area contributed by atoms with E-state index in [1.165, 1.54) is 0 Å². The Morgan fingerprint density at radius 3 is 2.63 bits per heavy atom. The van der Waals surface area contributed by atoms with Crippen molar-refractivity contribution in [2.45, 2.75) is 72.3 Å². The van der Waals surface area contributed by atoms with E-state index in [-0.39, 0.29) is 24.1 Å². The summed E-state index contributed by atoms with van der Waals surface area (Å²) >= 11 is 0. The second-order valence-electron chi connectivity index (χ2n) is 6.53. The van der Waals surface area contributed by atoms with E-state index in [1.807, 2.05) is 13.0 Å². The van der Waals surface area contributed by atoms with Crippen LogP contribution in [-0.4, -0.2) is 35.1 Å². The quantitative estimate of drug-likeness (QED) is 0.454. The number of unbranched alkanes of at least 4 members (excludes halogenated alkanes) is 1. The number of aliphatic imine (C=N–C) groups is 1. The average Bonchev–Trinajstić information content (AvgIpc) is 3.08. The van der Waals surface area contributed by atoms with Crippen LogP contribution in [0.25, 0.3) is 0 Å². The summed E-state index contributed by atoms with van der Waals surface area (Å²) in [7, 11) is 0. The third-order valence-electron chi connectivity index (χ3n) is 4.01. The van der Waals surface area contributed by atoms with Crippen LogP contribution in [0.5, 0.6) is 0 Å². The molecule has 1 aliphatic rings. The molecule has 0 saturated heterocycles. The Morgan fingerprint density at radius 2 is 2.00 bits per heavy atom. The third-order valence-corrected chi connectivity index (χ3v) is 4.01. The molecule has 148 valence electrons. The molecule has 1 rings (SSSR count). The van der Waals surface area contributed by atoms with Crippen LogP contribution in [0.15, 0.2) is 39.6 Å². The molecule has 7 heteroatoms. The maximum atomic E-state index is 12.4. The molecular weight excluding hydrogens is 342 g/mol. The van der Waals surface area contributed by atoms with Gasteiger partial charge in [0.2, 0.25) is 0 Å². The highest BCUT2D eigenvalue weighted by atomic mass is 16.2. The van der Waals surface area contributed by atoms with Crippen LogP contribution in [0.1, 0.15) is 66.2 Å². The van der Waals surface area contributed by atoms with Crippen LogP contribution in [0.2, 0.25) is 0 Å². The Hall–Kier alpha value is -2.57. The van der Waals surface area contributed by atoms with Gasteiger partial charge in [-0.1, -0.05) is 45.8 Å². The van der Waals surface area contributed by atoms with E-state index >= 15 is 0 Å². The number of hydrogen-bond acceptors (Lipinski definition) is 5. The fraction of sp³-hybridized carbons (Fsp3) is 0.550. The summed E-state index contributed by atoms with van der Waals surface area (Å²) in [4.78, 5) is 28.6. The maximum Gasteiger partial charge on any atom is 0.274 e. The normalized spacial score (nSPS) is 15.3. The summed E-state index contributed by atoms with van der Waals surface area (Å²) in [5.74, 6) is -0.356. The fourth-order valence-corrected chi connectivity index (χ4v) is 2.65.